The maximum absolute atomic E-state index is 12.3. The molecule has 1 aliphatic rings. The average Bonchev–Trinajstić information content (AvgIpc) is 2.40. The molecule has 8 heteroatoms. The van der Waals surface area contributed by atoms with E-state index in [4.69, 9.17) is 17.3 Å². The van der Waals surface area contributed by atoms with E-state index in [9.17, 15) is 13.2 Å². The molecule has 0 aromatic heterocycles. The fraction of sp³-hybridized carbons (Fsp3) is 0.417. The Hall–Kier alpha value is -1.15. The Morgan fingerprint density at radius 3 is 2.75 bits per heavy atom. The highest BCUT2D eigenvalue weighted by atomic mass is 35.5. The molecule has 4 N–H and O–H groups in total. The summed E-state index contributed by atoms with van der Waals surface area (Å²) in [6, 6.07) is 4.29. The molecule has 1 atom stereocenters. The molecule has 20 heavy (non-hydrogen) atoms. The molecule has 1 unspecified atom stereocenters. The minimum absolute atomic E-state index is 0.0215. The SMILES string of the molecule is NCc1ccc(S(=O)(=O)NC2CCC(=O)NC2)c(Cl)c1. The minimum Gasteiger partial charge on any atom is -0.355 e. The summed E-state index contributed by atoms with van der Waals surface area (Å²) in [6.45, 7) is 0.582. The Morgan fingerprint density at radius 1 is 1.45 bits per heavy atom. The Labute approximate surface area is 122 Å². The molecule has 1 aromatic rings. The van der Waals surface area contributed by atoms with Gasteiger partial charge in [0.25, 0.3) is 0 Å². The Bertz CT molecular complexity index is 608. The first-order valence-corrected chi connectivity index (χ1v) is 8.06. The van der Waals surface area contributed by atoms with Gasteiger partial charge >= 0.3 is 0 Å². The molecule has 0 radical (unpaired) electrons. The van der Waals surface area contributed by atoms with Crippen LogP contribution in [0, 0.1) is 0 Å². The number of hydrogen-bond acceptors (Lipinski definition) is 4. The van der Waals surface area contributed by atoms with E-state index in [0.29, 0.717) is 19.4 Å². The highest BCUT2D eigenvalue weighted by Crippen LogP contribution is 2.23. The Kier molecular flexibility index (Phi) is 4.64. The highest BCUT2D eigenvalue weighted by molar-refractivity contribution is 7.89. The normalized spacial score (nSPS) is 19.7. The van der Waals surface area contributed by atoms with Crippen LogP contribution in [-0.4, -0.2) is 26.9 Å². The summed E-state index contributed by atoms with van der Waals surface area (Å²) in [5.74, 6) is -0.0641. The molecule has 6 nitrogen and oxygen atoms in total. The zero-order valence-corrected chi connectivity index (χ0v) is 12.3. The molecule has 0 spiro atoms. The molecule has 1 aromatic carbocycles. The van der Waals surface area contributed by atoms with Gasteiger partial charge in [-0.3, -0.25) is 4.79 Å². The van der Waals surface area contributed by atoms with Crippen molar-refractivity contribution in [1.29, 1.82) is 0 Å². The fourth-order valence-corrected chi connectivity index (χ4v) is 3.84. The van der Waals surface area contributed by atoms with Crippen LogP contribution in [-0.2, 0) is 21.4 Å². The predicted octanol–water partition coefficient (Wildman–Crippen LogP) is 0.356. The lowest BCUT2D eigenvalue weighted by atomic mass is 10.1. The smallest absolute Gasteiger partial charge is 0.242 e. The van der Waals surface area contributed by atoms with Gasteiger partial charge in [-0.05, 0) is 24.1 Å². The van der Waals surface area contributed by atoms with Crippen LogP contribution in [0.5, 0.6) is 0 Å². The quantitative estimate of drug-likeness (QED) is 0.746. The lowest BCUT2D eigenvalue weighted by Crippen LogP contribution is -2.47. The summed E-state index contributed by atoms with van der Waals surface area (Å²) < 4.78 is 27.1. The number of halogens is 1. The van der Waals surface area contributed by atoms with Gasteiger partial charge in [-0.25, -0.2) is 13.1 Å². The molecule has 1 amide bonds. The molecule has 1 heterocycles. The van der Waals surface area contributed by atoms with Crippen molar-refractivity contribution in [3.05, 3.63) is 28.8 Å². The van der Waals surface area contributed by atoms with Crippen LogP contribution in [0.1, 0.15) is 18.4 Å². The van der Waals surface area contributed by atoms with Crippen molar-refractivity contribution in [3.8, 4) is 0 Å². The van der Waals surface area contributed by atoms with Crippen LogP contribution < -0.4 is 15.8 Å². The van der Waals surface area contributed by atoms with E-state index in [1.54, 1.807) is 12.1 Å². The van der Waals surface area contributed by atoms with Gasteiger partial charge in [0, 0.05) is 25.6 Å². The highest BCUT2D eigenvalue weighted by Gasteiger charge is 2.25. The largest absolute Gasteiger partial charge is 0.355 e. The van der Waals surface area contributed by atoms with Gasteiger partial charge in [0.05, 0.1) is 5.02 Å². The van der Waals surface area contributed by atoms with Crippen LogP contribution in [0.3, 0.4) is 0 Å². The zero-order valence-electron chi connectivity index (χ0n) is 10.7. The van der Waals surface area contributed by atoms with Crippen molar-refractivity contribution in [1.82, 2.24) is 10.0 Å². The first-order chi connectivity index (χ1) is 9.42. The lowest BCUT2D eigenvalue weighted by Gasteiger charge is -2.23. The predicted molar refractivity (Wildman–Crippen MR) is 75.7 cm³/mol. The fourth-order valence-electron chi connectivity index (χ4n) is 2.01. The number of rotatable bonds is 4. The van der Waals surface area contributed by atoms with E-state index in [-0.39, 0.29) is 28.4 Å². The monoisotopic (exact) mass is 317 g/mol. The number of benzene rings is 1. The number of carbonyl (C=O) groups is 1. The molecule has 0 bridgehead atoms. The van der Waals surface area contributed by atoms with Crippen LogP contribution in [0.2, 0.25) is 5.02 Å². The topological polar surface area (TPSA) is 101 Å². The van der Waals surface area contributed by atoms with Crippen LogP contribution >= 0.6 is 11.6 Å². The van der Waals surface area contributed by atoms with Crippen molar-refractivity contribution in [2.45, 2.75) is 30.3 Å². The average molecular weight is 318 g/mol. The van der Waals surface area contributed by atoms with Gasteiger partial charge in [0.2, 0.25) is 15.9 Å². The van der Waals surface area contributed by atoms with Gasteiger partial charge in [-0.2, -0.15) is 0 Å². The summed E-state index contributed by atoms with van der Waals surface area (Å²) in [4.78, 5) is 11.1. The number of carbonyl (C=O) groups excluding carboxylic acids is 1. The Balaban J connectivity index is 2.16. The summed E-state index contributed by atoms with van der Waals surface area (Å²) in [5, 5.41) is 2.76. The molecule has 1 aliphatic heterocycles. The van der Waals surface area contributed by atoms with E-state index in [1.165, 1.54) is 6.07 Å². The van der Waals surface area contributed by atoms with Crippen molar-refractivity contribution in [3.63, 3.8) is 0 Å². The van der Waals surface area contributed by atoms with E-state index >= 15 is 0 Å². The molecule has 0 aliphatic carbocycles. The van der Waals surface area contributed by atoms with Crippen molar-refractivity contribution >= 4 is 27.5 Å². The van der Waals surface area contributed by atoms with E-state index < -0.39 is 10.0 Å². The molecule has 1 saturated heterocycles. The zero-order chi connectivity index (χ0) is 14.8. The molecular weight excluding hydrogens is 302 g/mol. The number of nitrogens with two attached hydrogens (primary N) is 1. The van der Waals surface area contributed by atoms with Gasteiger partial charge in [0.15, 0.2) is 0 Å². The van der Waals surface area contributed by atoms with Gasteiger partial charge in [0.1, 0.15) is 4.90 Å². The van der Waals surface area contributed by atoms with Crippen LogP contribution in [0.25, 0.3) is 0 Å². The lowest BCUT2D eigenvalue weighted by molar-refractivity contribution is -0.122. The summed E-state index contributed by atoms with van der Waals surface area (Å²) in [6.07, 6.45) is 0.788. The second-order valence-electron chi connectivity index (χ2n) is 4.63. The van der Waals surface area contributed by atoms with Gasteiger partial charge in [-0.1, -0.05) is 17.7 Å². The standard InChI is InChI=1S/C12H16ClN3O3S/c13-10-5-8(6-14)1-3-11(10)20(18,19)16-9-2-4-12(17)15-7-9/h1,3,5,9,16H,2,4,6-7,14H2,(H,15,17). The first kappa shape index (κ1) is 15.2. The third-order valence-electron chi connectivity index (χ3n) is 3.11. The van der Waals surface area contributed by atoms with Gasteiger partial charge < -0.3 is 11.1 Å². The number of amides is 1. The van der Waals surface area contributed by atoms with E-state index in [2.05, 4.69) is 10.0 Å². The minimum atomic E-state index is -3.71. The summed E-state index contributed by atoms with van der Waals surface area (Å²) in [7, 11) is -3.71. The van der Waals surface area contributed by atoms with Crippen molar-refractivity contribution in [2.24, 2.45) is 5.73 Å². The maximum atomic E-state index is 12.3. The van der Waals surface area contributed by atoms with Crippen molar-refractivity contribution < 1.29 is 13.2 Å². The third-order valence-corrected chi connectivity index (χ3v) is 5.11. The van der Waals surface area contributed by atoms with Crippen molar-refractivity contribution in [2.75, 3.05) is 6.54 Å². The number of nitrogens with one attached hydrogen (secondary N) is 2. The van der Waals surface area contributed by atoms with Crippen LogP contribution in [0.15, 0.2) is 23.1 Å². The number of hydrogen-bond donors (Lipinski definition) is 3. The summed E-state index contributed by atoms with van der Waals surface area (Å²) in [5.41, 5.74) is 6.24. The molecule has 0 saturated carbocycles. The second-order valence-corrected chi connectivity index (χ2v) is 6.72. The molecule has 110 valence electrons. The number of piperidine rings is 1. The van der Waals surface area contributed by atoms with E-state index in [0.717, 1.165) is 5.56 Å². The third kappa shape index (κ3) is 3.49. The second kappa shape index (κ2) is 6.09. The summed E-state index contributed by atoms with van der Waals surface area (Å²) >= 11 is 5.99. The Morgan fingerprint density at radius 2 is 2.20 bits per heavy atom. The molecular formula is C12H16ClN3O3S. The number of sulfonamides is 1. The van der Waals surface area contributed by atoms with Crippen LogP contribution in [0.4, 0.5) is 0 Å². The first-order valence-electron chi connectivity index (χ1n) is 6.20. The van der Waals surface area contributed by atoms with Gasteiger partial charge in [-0.15, -0.1) is 0 Å². The van der Waals surface area contributed by atoms with E-state index in [1.807, 2.05) is 0 Å². The maximum Gasteiger partial charge on any atom is 0.242 e. The molecule has 1 fully saturated rings. The molecule has 2 rings (SSSR count).